The summed E-state index contributed by atoms with van der Waals surface area (Å²) in [6, 6.07) is 3.76. The molecule has 20 heavy (non-hydrogen) atoms. The van der Waals surface area contributed by atoms with E-state index in [0.29, 0.717) is 11.6 Å². The number of amides is 1. The van der Waals surface area contributed by atoms with Gasteiger partial charge in [-0.05, 0) is 31.9 Å². The zero-order valence-electron chi connectivity index (χ0n) is 12.2. The summed E-state index contributed by atoms with van der Waals surface area (Å²) in [6.07, 6.45) is 3.77. The second kappa shape index (κ2) is 7.24. The number of pyridine rings is 1. The Bertz CT molecular complexity index is 427. The molecule has 1 aromatic rings. The van der Waals surface area contributed by atoms with Crippen molar-refractivity contribution in [2.45, 2.75) is 32.7 Å². The van der Waals surface area contributed by atoms with Crippen LogP contribution in [0.2, 0.25) is 0 Å². The number of nitrogens with one attached hydrogen (secondary N) is 2. The van der Waals surface area contributed by atoms with Crippen molar-refractivity contribution in [1.29, 1.82) is 0 Å². The number of carbonyl (C=O) groups excluding carboxylic acids is 1. The first-order valence-corrected chi connectivity index (χ1v) is 7.29. The summed E-state index contributed by atoms with van der Waals surface area (Å²) >= 11 is 0. The van der Waals surface area contributed by atoms with E-state index in [1.165, 1.54) is 0 Å². The van der Waals surface area contributed by atoms with Gasteiger partial charge in [0.25, 0.3) is 5.91 Å². The maximum atomic E-state index is 12.1. The van der Waals surface area contributed by atoms with Gasteiger partial charge < -0.3 is 15.4 Å². The Morgan fingerprint density at radius 2 is 2.40 bits per heavy atom. The fourth-order valence-corrected chi connectivity index (χ4v) is 2.25. The number of hydrogen-bond acceptors (Lipinski definition) is 4. The fourth-order valence-electron chi connectivity index (χ4n) is 2.25. The molecule has 1 amide bonds. The van der Waals surface area contributed by atoms with E-state index >= 15 is 0 Å². The second-order valence-corrected chi connectivity index (χ2v) is 5.24. The van der Waals surface area contributed by atoms with Crippen LogP contribution < -0.4 is 10.6 Å². The maximum absolute atomic E-state index is 12.1. The van der Waals surface area contributed by atoms with E-state index in [1.54, 1.807) is 12.3 Å². The Kier molecular flexibility index (Phi) is 5.35. The minimum atomic E-state index is -0.119. The lowest BCUT2D eigenvalue weighted by Crippen LogP contribution is -2.38. The van der Waals surface area contributed by atoms with Crippen molar-refractivity contribution in [3.05, 3.63) is 24.0 Å². The highest BCUT2D eigenvalue weighted by molar-refractivity contribution is 5.92. The van der Waals surface area contributed by atoms with Crippen molar-refractivity contribution >= 4 is 11.6 Å². The highest BCUT2D eigenvalue weighted by Crippen LogP contribution is 2.16. The molecule has 0 bridgehead atoms. The molecule has 2 rings (SSSR count). The van der Waals surface area contributed by atoms with Gasteiger partial charge >= 0.3 is 0 Å². The van der Waals surface area contributed by atoms with Gasteiger partial charge in [0.05, 0.1) is 18.5 Å². The standard InChI is InChI=1S/C15H23N3O2/c1-3-7-16-13-4-5-14(17-9-13)15(19)18-11(2)12-6-8-20-10-12/h4-5,9,11-12,16H,3,6-8,10H2,1-2H3,(H,18,19). The molecule has 2 N–H and O–H groups in total. The molecule has 5 heteroatoms. The van der Waals surface area contributed by atoms with Crippen LogP contribution in [0.1, 0.15) is 37.2 Å². The van der Waals surface area contributed by atoms with E-state index in [4.69, 9.17) is 4.74 Å². The first kappa shape index (κ1) is 14.8. The third-order valence-electron chi connectivity index (χ3n) is 3.61. The van der Waals surface area contributed by atoms with Crippen LogP contribution in [0.4, 0.5) is 5.69 Å². The highest BCUT2D eigenvalue weighted by Gasteiger charge is 2.24. The van der Waals surface area contributed by atoms with E-state index in [-0.39, 0.29) is 11.9 Å². The minimum absolute atomic E-state index is 0.115. The lowest BCUT2D eigenvalue weighted by atomic mass is 10.0. The summed E-state index contributed by atoms with van der Waals surface area (Å²) in [4.78, 5) is 16.3. The summed E-state index contributed by atoms with van der Waals surface area (Å²) in [5, 5.41) is 6.23. The molecule has 1 aliphatic rings. The lowest BCUT2D eigenvalue weighted by Gasteiger charge is -2.18. The average molecular weight is 277 g/mol. The Labute approximate surface area is 120 Å². The largest absolute Gasteiger partial charge is 0.384 e. The SMILES string of the molecule is CCCNc1ccc(C(=O)NC(C)C2CCOC2)nc1. The zero-order chi connectivity index (χ0) is 14.4. The molecule has 0 spiro atoms. The van der Waals surface area contributed by atoms with Crippen molar-refractivity contribution in [2.75, 3.05) is 25.1 Å². The molecule has 2 atom stereocenters. The number of carbonyl (C=O) groups is 1. The van der Waals surface area contributed by atoms with Crippen molar-refractivity contribution in [3.63, 3.8) is 0 Å². The molecule has 0 radical (unpaired) electrons. The number of rotatable bonds is 6. The topological polar surface area (TPSA) is 63.2 Å². The Morgan fingerprint density at radius 1 is 1.55 bits per heavy atom. The molecule has 2 unspecified atom stereocenters. The molecule has 0 aliphatic carbocycles. The molecular formula is C15H23N3O2. The first-order valence-electron chi connectivity index (χ1n) is 7.29. The van der Waals surface area contributed by atoms with E-state index in [0.717, 1.165) is 38.3 Å². The van der Waals surface area contributed by atoms with Crippen LogP contribution in [-0.4, -0.2) is 36.7 Å². The third kappa shape index (κ3) is 3.93. The summed E-state index contributed by atoms with van der Waals surface area (Å²) in [6.45, 7) is 6.56. The second-order valence-electron chi connectivity index (χ2n) is 5.24. The molecule has 5 nitrogen and oxygen atoms in total. The van der Waals surface area contributed by atoms with Crippen molar-refractivity contribution in [3.8, 4) is 0 Å². The van der Waals surface area contributed by atoms with Crippen LogP contribution in [-0.2, 0) is 4.74 Å². The molecule has 0 aromatic carbocycles. The molecule has 110 valence electrons. The highest BCUT2D eigenvalue weighted by atomic mass is 16.5. The fraction of sp³-hybridized carbons (Fsp3) is 0.600. The zero-order valence-corrected chi connectivity index (χ0v) is 12.2. The smallest absolute Gasteiger partial charge is 0.270 e. The van der Waals surface area contributed by atoms with Gasteiger partial charge in [-0.3, -0.25) is 4.79 Å². The summed E-state index contributed by atoms with van der Waals surface area (Å²) in [7, 11) is 0. The number of nitrogens with zero attached hydrogens (tertiary/aromatic N) is 1. The van der Waals surface area contributed by atoms with E-state index < -0.39 is 0 Å². The number of hydrogen-bond donors (Lipinski definition) is 2. The molecule has 1 saturated heterocycles. The molecule has 1 fully saturated rings. The molecule has 1 aliphatic heterocycles. The predicted molar refractivity (Wildman–Crippen MR) is 78.9 cm³/mol. The third-order valence-corrected chi connectivity index (χ3v) is 3.61. The van der Waals surface area contributed by atoms with Crippen molar-refractivity contribution < 1.29 is 9.53 Å². The quantitative estimate of drug-likeness (QED) is 0.835. The number of anilines is 1. The van der Waals surface area contributed by atoms with Crippen molar-refractivity contribution in [1.82, 2.24) is 10.3 Å². The molecular weight excluding hydrogens is 254 g/mol. The minimum Gasteiger partial charge on any atom is -0.384 e. The summed E-state index contributed by atoms with van der Waals surface area (Å²) in [5.74, 6) is 0.288. The van der Waals surface area contributed by atoms with E-state index in [1.807, 2.05) is 13.0 Å². The van der Waals surface area contributed by atoms with Gasteiger partial charge in [-0.25, -0.2) is 4.98 Å². The predicted octanol–water partition coefficient (Wildman–Crippen LogP) is 2.06. The molecule has 1 aromatic heterocycles. The molecule has 0 saturated carbocycles. The number of ether oxygens (including phenoxy) is 1. The van der Waals surface area contributed by atoms with Crippen LogP contribution in [0.15, 0.2) is 18.3 Å². The first-order chi connectivity index (χ1) is 9.70. The van der Waals surface area contributed by atoms with Crippen LogP contribution in [0, 0.1) is 5.92 Å². The van der Waals surface area contributed by atoms with Crippen LogP contribution in [0.5, 0.6) is 0 Å². The van der Waals surface area contributed by atoms with Crippen LogP contribution >= 0.6 is 0 Å². The Morgan fingerprint density at radius 3 is 3.00 bits per heavy atom. The Balaban J connectivity index is 1.88. The van der Waals surface area contributed by atoms with Gasteiger partial charge in [-0.15, -0.1) is 0 Å². The van der Waals surface area contributed by atoms with Crippen LogP contribution in [0.3, 0.4) is 0 Å². The monoisotopic (exact) mass is 277 g/mol. The summed E-state index contributed by atoms with van der Waals surface area (Å²) in [5.41, 5.74) is 1.40. The lowest BCUT2D eigenvalue weighted by molar-refractivity contribution is 0.0917. The van der Waals surface area contributed by atoms with Gasteiger partial charge in [0, 0.05) is 25.1 Å². The Hall–Kier alpha value is -1.62. The molecule has 2 heterocycles. The number of aromatic nitrogens is 1. The normalized spacial score (nSPS) is 19.6. The summed E-state index contributed by atoms with van der Waals surface area (Å²) < 4.78 is 5.34. The van der Waals surface area contributed by atoms with E-state index in [2.05, 4.69) is 22.5 Å². The maximum Gasteiger partial charge on any atom is 0.270 e. The van der Waals surface area contributed by atoms with Gasteiger partial charge in [0.2, 0.25) is 0 Å². The average Bonchev–Trinajstić information content (AvgIpc) is 3.00. The van der Waals surface area contributed by atoms with Crippen molar-refractivity contribution in [2.24, 2.45) is 5.92 Å². The van der Waals surface area contributed by atoms with Gasteiger partial charge in [0.15, 0.2) is 0 Å². The van der Waals surface area contributed by atoms with Gasteiger partial charge in [-0.2, -0.15) is 0 Å². The van der Waals surface area contributed by atoms with Gasteiger partial charge in [0.1, 0.15) is 5.69 Å². The van der Waals surface area contributed by atoms with Crippen LogP contribution in [0.25, 0.3) is 0 Å². The van der Waals surface area contributed by atoms with Gasteiger partial charge in [-0.1, -0.05) is 6.92 Å². The van der Waals surface area contributed by atoms with E-state index in [9.17, 15) is 4.79 Å².